The molecule has 1 saturated heterocycles. The number of rotatable bonds is 5. The van der Waals surface area contributed by atoms with E-state index in [0.717, 1.165) is 42.9 Å². The number of amides is 2. The van der Waals surface area contributed by atoms with Crippen LogP contribution in [0.25, 0.3) is 0 Å². The van der Waals surface area contributed by atoms with E-state index in [1.54, 1.807) is 0 Å². The number of hydrogen-bond donors (Lipinski definition) is 0. The molecule has 1 aliphatic heterocycles. The molecule has 1 aromatic carbocycles. The smallest absolute Gasteiger partial charge is 0.320 e. The standard InChI is InChI=1S/C19H29N3O2/c1-5-21(6-2)19(24)22-11-9-20(10-12-22)14-18(23)17-13-15(3)7-8-16(17)4/h7-8,13H,5-6,9-12,14H2,1-4H3. The fourth-order valence-electron chi connectivity index (χ4n) is 3.12. The minimum absolute atomic E-state index is 0.112. The van der Waals surface area contributed by atoms with Gasteiger partial charge < -0.3 is 9.80 Å². The summed E-state index contributed by atoms with van der Waals surface area (Å²) in [6, 6.07) is 6.12. The topological polar surface area (TPSA) is 43.9 Å². The molecule has 0 spiro atoms. The van der Waals surface area contributed by atoms with Gasteiger partial charge in [-0.1, -0.05) is 17.7 Å². The van der Waals surface area contributed by atoms with Crippen molar-refractivity contribution in [2.24, 2.45) is 0 Å². The highest BCUT2D eigenvalue weighted by Crippen LogP contribution is 2.13. The number of ketones is 1. The number of nitrogens with zero attached hydrogens (tertiary/aromatic N) is 3. The molecular formula is C19H29N3O2. The largest absolute Gasteiger partial charge is 0.325 e. The van der Waals surface area contributed by atoms with Crippen molar-refractivity contribution in [3.63, 3.8) is 0 Å². The number of benzene rings is 1. The molecule has 132 valence electrons. The third-order valence-corrected chi connectivity index (χ3v) is 4.74. The number of aryl methyl sites for hydroxylation is 2. The van der Waals surface area contributed by atoms with Crippen LogP contribution < -0.4 is 0 Å². The monoisotopic (exact) mass is 331 g/mol. The predicted octanol–water partition coefficient (Wildman–Crippen LogP) is 2.57. The third-order valence-electron chi connectivity index (χ3n) is 4.74. The molecule has 1 aliphatic rings. The molecule has 0 aromatic heterocycles. The molecule has 2 amide bonds. The van der Waals surface area contributed by atoms with Crippen molar-refractivity contribution < 1.29 is 9.59 Å². The first-order valence-electron chi connectivity index (χ1n) is 8.82. The van der Waals surface area contributed by atoms with E-state index < -0.39 is 0 Å². The summed E-state index contributed by atoms with van der Waals surface area (Å²) < 4.78 is 0. The van der Waals surface area contributed by atoms with Crippen LogP contribution in [0.5, 0.6) is 0 Å². The maximum atomic E-state index is 12.6. The van der Waals surface area contributed by atoms with Crippen LogP contribution in [0.15, 0.2) is 18.2 Å². The Morgan fingerprint density at radius 2 is 1.67 bits per heavy atom. The van der Waals surface area contributed by atoms with Gasteiger partial charge in [0.05, 0.1) is 6.54 Å². The summed E-state index contributed by atoms with van der Waals surface area (Å²) >= 11 is 0. The summed E-state index contributed by atoms with van der Waals surface area (Å²) in [5, 5.41) is 0. The minimum Gasteiger partial charge on any atom is -0.325 e. The average molecular weight is 331 g/mol. The number of hydrogen-bond acceptors (Lipinski definition) is 3. The Morgan fingerprint density at radius 1 is 1.04 bits per heavy atom. The summed E-state index contributed by atoms with van der Waals surface area (Å²) in [6.07, 6.45) is 0. The van der Waals surface area contributed by atoms with Gasteiger partial charge in [0.25, 0.3) is 0 Å². The molecule has 2 rings (SSSR count). The van der Waals surface area contributed by atoms with Gasteiger partial charge in [0.2, 0.25) is 0 Å². The van der Waals surface area contributed by atoms with Crippen molar-refractivity contribution in [1.29, 1.82) is 0 Å². The van der Waals surface area contributed by atoms with Crippen molar-refractivity contribution in [1.82, 2.24) is 14.7 Å². The first-order chi connectivity index (χ1) is 11.5. The highest BCUT2D eigenvalue weighted by molar-refractivity contribution is 5.99. The lowest BCUT2D eigenvalue weighted by atomic mass is 10.0. The van der Waals surface area contributed by atoms with Crippen LogP contribution in [0, 0.1) is 13.8 Å². The van der Waals surface area contributed by atoms with Gasteiger partial charge in [-0.05, 0) is 39.3 Å². The van der Waals surface area contributed by atoms with Gasteiger partial charge in [0, 0.05) is 44.8 Å². The summed E-state index contributed by atoms with van der Waals surface area (Å²) in [6.45, 7) is 12.8. The molecular weight excluding hydrogens is 302 g/mol. The zero-order valence-corrected chi connectivity index (χ0v) is 15.3. The Labute approximate surface area is 145 Å². The number of urea groups is 1. The van der Waals surface area contributed by atoms with E-state index in [1.165, 1.54) is 0 Å². The Kier molecular flexibility index (Phi) is 6.37. The van der Waals surface area contributed by atoms with Crippen LogP contribution in [0.1, 0.15) is 35.3 Å². The van der Waals surface area contributed by atoms with Gasteiger partial charge in [-0.15, -0.1) is 0 Å². The second-order valence-corrected chi connectivity index (χ2v) is 6.46. The molecule has 0 saturated carbocycles. The van der Waals surface area contributed by atoms with E-state index in [4.69, 9.17) is 0 Å². The second-order valence-electron chi connectivity index (χ2n) is 6.46. The molecule has 5 nitrogen and oxygen atoms in total. The molecule has 0 atom stereocenters. The summed E-state index contributed by atoms with van der Waals surface area (Å²) in [4.78, 5) is 30.8. The lowest BCUT2D eigenvalue weighted by molar-refractivity contribution is 0.0853. The van der Waals surface area contributed by atoms with Gasteiger partial charge in [0.1, 0.15) is 0 Å². The molecule has 0 aliphatic carbocycles. The molecule has 1 heterocycles. The van der Waals surface area contributed by atoms with E-state index in [-0.39, 0.29) is 11.8 Å². The van der Waals surface area contributed by atoms with E-state index in [2.05, 4.69) is 4.90 Å². The Morgan fingerprint density at radius 3 is 2.25 bits per heavy atom. The maximum absolute atomic E-state index is 12.6. The molecule has 0 bridgehead atoms. The minimum atomic E-state index is 0.112. The zero-order valence-electron chi connectivity index (χ0n) is 15.3. The fourth-order valence-corrected chi connectivity index (χ4v) is 3.12. The number of Topliss-reactive ketones (excluding diaryl/α,β-unsaturated/α-hetero) is 1. The van der Waals surface area contributed by atoms with Crippen LogP contribution in [0.4, 0.5) is 4.79 Å². The molecule has 24 heavy (non-hydrogen) atoms. The lowest BCUT2D eigenvalue weighted by Gasteiger charge is -2.36. The summed E-state index contributed by atoms with van der Waals surface area (Å²) in [5.41, 5.74) is 2.95. The Balaban J connectivity index is 1.90. The predicted molar refractivity (Wildman–Crippen MR) is 96.6 cm³/mol. The summed E-state index contributed by atoms with van der Waals surface area (Å²) in [5.74, 6) is 0.166. The van der Waals surface area contributed by atoms with Gasteiger partial charge in [0.15, 0.2) is 5.78 Å². The Hall–Kier alpha value is -1.88. The second kappa shape index (κ2) is 8.29. The van der Waals surface area contributed by atoms with Crippen molar-refractivity contribution in [2.75, 3.05) is 45.8 Å². The molecule has 0 unspecified atom stereocenters. The van der Waals surface area contributed by atoms with Crippen molar-refractivity contribution in [3.05, 3.63) is 34.9 Å². The Bertz CT molecular complexity index is 588. The third kappa shape index (κ3) is 4.35. The lowest BCUT2D eigenvalue weighted by Crippen LogP contribution is -2.53. The number of carbonyl (C=O) groups excluding carboxylic acids is 2. The van der Waals surface area contributed by atoms with E-state index in [0.29, 0.717) is 19.6 Å². The van der Waals surface area contributed by atoms with Crippen LogP contribution in [0.2, 0.25) is 0 Å². The van der Waals surface area contributed by atoms with Crippen molar-refractivity contribution in [2.45, 2.75) is 27.7 Å². The molecule has 1 fully saturated rings. The normalized spacial score (nSPS) is 15.4. The number of carbonyl (C=O) groups is 2. The van der Waals surface area contributed by atoms with Crippen LogP contribution in [-0.2, 0) is 0 Å². The summed E-state index contributed by atoms with van der Waals surface area (Å²) in [7, 11) is 0. The quantitative estimate of drug-likeness (QED) is 0.779. The van der Waals surface area contributed by atoms with Gasteiger partial charge in [-0.3, -0.25) is 9.69 Å². The molecule has 5 heteroatoms. The van der Waals surface area contributed by atoms with E-state index in [1.807, 2.05) is 55.7 Å². The van der Waals surface area contributed by atoms with E-state index in [9.17, 15) is 9.59 Å². The zero-order chi connectivity index (χ0) is 17.7. The van der Waals surface area contributed by atoms with Crippen molar-refractivity contribution in [3.8, 4) is 0 Å². The molecule has 0 radical (unpaired) electrons. The maximum Gasteiger partial charge on any atom is 0.320 e. The highest BCUT2D eigenvalue weighted by atomic mass is 16.2. The molecule has 0 N–H and O–H groups in total. The van der Waals surface area contributed by atoms with Crippen LogP contribution in [0.3, 0.4) is 0 Å². The SMILES string of the molecule is CCN(CC)C(=O)N1CCN(CC(=O)c2cc(C)ccc2C)CC1. The molecule has 1 aromatic rings. The van der Waals surface area contributed by atoms with Crippen LogP contribution >= 0.6 is 0 Å². The first-order valence-corrected chi connectivity index (χ1v) is 8.82. The average Bonchev–Trinajstić information content (AvgIpc) is 2.58. The fraction of sp³-hybridized carbons (Fsp3) is 0.579. The van der Waals surface area contributed by atoms with Crippen molar-refractivity contribution >= 4 is 11.8 Å². The van der Waals surface area contributed by atoms with Crippen LogP contribution in [-0.4, -0.2) is 72.3 Å². The van der Waals surface area contributed by atoms with Gasteiger partial charge >= 0.3 is 6.03 Å². The van der Waals surface area contributed by atoms with Gasteiger partial charge in [-0.25, -0.2) is 4.79 Å². The van der Waals surface area contributed by atoms with Gasteiger partial charge in [-0.2, -0.15) is 0 Å². The van der Waals surface area contributed by atoms with E-state index >= 15 is 0 Å². The first kappa shape index (κ1) is 18.5. The highest BCUT2D eigenvalue weighted by Gasteiger charge is 2.25. The number of piperazine rings is 1.